The Bertz CT molecular complexity index is 782. The zero-order valence-corrected chi connectivity index (χ0v) is 14.4. The van der Waals surface area contributed by atoms with Crippen molar-refractivity contribution >= 4 is 0 Å². The number of aryl methyl sites for hydroxylation is 4. The van der Waals surface area contributed by atoms with Crippen molar-refractivity contribution in [3.63, 3.8) is 0 Å². The first-order chi connectivity index (χ1) is 11.6. The minimum atomic E-state index is 0.0554. The molecule has 2 aromatic rings. The molecule has 0 spiro atoms. The maximum Gasteiger partial charge on any atom is 0.267 e. The number of hydrogen-bond donors (Lipinski definition) is 0. The lowest BCUT2D eigenvalue weighted by Crippen LogP contribution is -2.49. The zero-order chi connectivity index (χ0) is 16.7. The van der Waals surface area contributed by atoms with Gasteiger partial charge in [-0.2, -0.15) is 5.10 Å². The first kappa shape index (κ1) is 15.6. The molecular formula is C18H24N4O2. The van der Waals surface area contributed by atoms with Gasteiger partial charge in [-0.15, -0.1) is 0 Å². The molecule has 0 N–H and O–H groups in total. The summed E-state index contributed by atoms with van der Waals surface area (Å²) in [4.78, 5) is 14.6. The van der Waals surface area contributed by atoms with Crippen LogP contribution in [0.25, 0.3) is 0 Å². The molecule has 128 valence electrons. The molecule has 1 fully saturated rings. The van der Waals surface area contributed by atoms with Crippen LogP contribution in [0.15, 0.2) is 15.4 Å². The predicted octanol–water partition coefficient (Wildman–Crippen LogP) is 1.86. The third-order valence-electron chi connectivity index (χ3n) is 5.30. The van der Waals surface area contributed by atoms with Gasteiger partial charge in [0.2, 0.25) is 0 Å². The summed E-state index contributed by atoms with van der Waals surface area (Å²) in [6, 6.07) is 1.81. The van der Waals surface area contributed by atoms with Crippen molar-refractivity contribution in [3.05, 3.63) is 44.7 Å². The SMILES string of the molecule is Cc1noc(C)c1CN1CC(Cn2nc3c(cc2=O)CCCC3)C1. The van der Waals surface area contributed by atoms with Crippen LogP contribution in [0.5, 0.6) is 0 Å². The maximum absolute atomic E-state index is 12.3. The molecule has 6 heteroatoms. The highest BCUT2D eigenvalue weighted by molar-refractivity contribution is 5.21. The van der Waals surface area contributed by atoms with Crippen molar-refractivity contribution < 1.29 is 4.52 Å². The summed E-state index contributed by atoms with van der Waals surface area (Å²) >= 11 is 0. The fraction of sp³-hybridized carbons (Fsp3) is 0.611. The molecule has 0 bridgehead atoms. The first-order valence-corrected chi connectivity index (χ1v) is 8.84. The number of aromatic nitrogens is 3. The number of hydrogen-bond acceptors (Lipinski definition) is 5. The van der Waals surface area contributed by atoms with Gasteiger partial charge in [-0.05, 0) is 45.1 Å². The lowest BCUT2D eigenvalue weighted by atomic mass is 9.96. The second-order valence-electron chi connectivity index (χ2n) is 7.21. The Balaban J connectivity index is 1.38. The molecule has 0 atom stereocenters. The Kier molecular flexibility index (Phi) is 4.00. The monoisotopic (exact) mass is 328 g/mol. The van der Waals surface area contributed by atoms with Crippen LogP contribution in [-0.4, -0.2) is 32.9 Å². The fourth-order valence-electron chi connectivity index (χ4n) is 3.85. The Morgan fingerprint density at radius 2 is 2.04 bits per heavy atom. The molecule has 2 aromatic heterocycles. The number of rotatable bonds is 4. The van der Waals surface area contributed by atoms with E-state index >= 15 is 0 Å². The van der Waals surface area contributed by atoms with E-state index in [0.717, 1.165) is 61.7 Å². The van der Waals surface area contributed by atoms with Gasteiger partial charge in [0.15, 0.2) is 0 Å². The highest BCUT2D eigenvalue weighted by atomic mass is 16.5. The second kappa shape index (κ2) is 6.16. The van der Waals surface area contributed by atoms with E-state index in [0.29, 0.717) is 5.92 Å². The Morgan fingerprint density at radius 1 is 1.25 bits per heavy atom. The van der Waals surface area contributed by atoms with Crippen molar-refractivity contribution in [2.75, 3.05) is 13.1 Å². The Hall–Kier alpha value is -1.95. The highest BCUT2D eigenvalue weighted by Gasteiger charge is 2.29. The summed E-state index contributed by atoms with van der Waals surface area (Å²) < 4.78 is 6.91. The van der Waals surface area contributed by atoms with Crippen LogP contribution in [0.4, 0.5) is 0 Å². The molecule has 2 aliphatic rings. The van der Waals surface area contributed by atoms with Crippen LogP contribution in [0, 0.1) is 19.8 Å². The third-order valence-corrected chi connectivity index (χ3v) is 5.30. The van der Waals surface area contributed by atoms with Gasteiger partial charge in [-0.1, -0.05) is 5.16 Å². The Labute approximate surface area is 141 Å². The number of fused-ring (bicyclic) bond motifs is 1. The van der Waals surface area contributed by atoms with Crippen molar-refractivity contribution in [2.24, 2.45) is 5.92 Å². The normalized spacial score (nSPS) is 18.4. The standard InChI is InChI=1S/C18H24N4O2/c1-12-16(13(2)24-20-12)11-21-8-14(9-21)10-22-18(23)7-15-5-3-4-6-17(15)19-22/h7,14H,3-6,8-11H2,1-2H3. The molecule has 0 aromatic carbocycles. The van der Waals surface area contributed by atoms with Crippen molar-refractivity contribution in [2.45, 2.75) is 52.6 Å². The highest BCUT2D eigenvalue weighted by Crippen LogP contribution is 2.23. The topological polar surface area (TPSA) is 64.2 Å². The van der Waals surface area contributed by atoms with Gasteiger partial charge in [-0.25, -0.2) is 4.68 Å². The minimum absolute atomic E-state index is 0.0554. The molecule has 0 amide bonds. The molecular weight excluding hydrogens is 304 g/mol. The van der Waals surface area contributed by atoms with Gasteiger partial charge in [0.05, 0.1) is 17.9 Å². The molecule has 1 saturated heterocycles. The molecule has 3 heterocycles. The zero-order valence-electron chi connectivity index (χ0n) is 14.4. The number of likely N-dealkylation sites (tertiary alicyclic amines) is 1. The van der Waals surface area contributed by atoms with Gasteiger partial charge in [-0.3, -0.25) is 9.69 Å². The summed E-state index contributed by atoms with van der Waals surface area (Å²) in [5.41, 5.74) is 4.52. The summed E-state index contributed by atoms with van der Waals surface area (Å²) in [7, 11) is 0. The van der Waals surface area contributed by atoms with Crippen LogP contribution in [0.1, 0.15) is 41.1 Å². The van der Waals surface area contributed by atoms with E-state index in [9.17, 15) is 4.79 Å². The molecule has 1 aliphatic carbocycles. The molecule has 6 nitrogen and oxygen atoms in total. The average Bonchev–Trinajstić information content (AvgIpc) is 2.85. The van der Waals surface area contributed by atoms with E-state index in [1.165, 1.54) is 18.4 Å². The Morgan fingerprint density at radius 3 is 2.79 bits per heavy atom. The van der Waals surface area contributed by atoms with E-state index in [4.69, 9.17) is 4.52 Å². The summed E-state index contributed by atoms with van der Waals surface area (Å²) in [5, 5.41) is 8.63. The molecule has 0 unspecified atom stereocenters. The molecule has 24 heavy (non-hydrogen) atoms. The van der Waals surface area contributed by atoms with Crippen LogP contribution in [-0.2, 0) is 25.9 Å². The molecule has 0 saturated carbocycles. The van der Waals surface area contributed by atoms with Crippen molar-refractivity contribution in [1.82, 2.24) is 19.8 Å². The van der Waals surface area contributed by atoms with E-state index in [1.54, 1.807) is 4.68 Å². The first-order valence-electron chi connectivity index (χ1n) is 8.84. The fourth-order valence-corrected chi connectivity index (χ4v) is 3.85. The summed E-state index contributed by atoms with van der Waals surface area (Å²) in [6.07, 6.45) is 4.38. The van der Waals surface area contributed by atoms with Crippen LogP contribution in [0.2, 0.25) is 0 Å². The van der Waals surface area contributed by atoms with Gasteiger partial charge in [0.1, 0.15) is 5.76 Å². The predicted molar refractivity (Wildman–Crippen MR) is 89.9 cm³/mol. The molecule has 4 rings (SSSR count). The largest absolute Gasteiger partial charge is 0.361 e. The molecule has 1 aliphatic heterocycles. The lowest BCUT2D eigenvalue weighted by Gasteiger charge is -2.39. The minimum Gasteiger partial charge on any atom is -0.361 e. The second-order valence-corrected chi connectivity index (χ2v) is 7.21. The van der Waals surface area contributed by atoms with Crippen LogP contribution < -0.4 is 5.56 Å². The van der Waals surface area contributed by atoms with Crippen molar-refractivity contribution in [3.8, 4) is 0 Å². The van der Waals surface area contributed by atoms with Crippen LogP contribution in [0.3, 0.4) is 0 Å². The van der Waals surface area contributed by atoms with Crippen molar-refractivity contribution in [1.29, 1.82) is 0 Å². The van der Waals surface area contributed by atoms with E-state index in [1.807, 2.05) is 19.9 Å². The quantitative estimate of drug-likeness (QED) is 0.857. The number of nitrogens with zero attached hydrogens (tertiary/aromatic N) is 4. The van der Waals surface area contributed by atoms with E-state index in [-0.39, 0.29) is 5.56 Å². The summed E-state index contributed by atoms with van der Waals surface area (Å²) in [5.74, 6) is 1.40. The van der Waals surface area contributed by atoms with Gasteiger partial charge >= 0.3 is 0 Å². The smallest absolute Gasteiger partial charge is 0.267 e. The lowest BCUT2D eigenvalue weighted by molar-refractivity contribution is 0.0758. The van der Waals surface area contributed by atoms with Gasteiger partial charge in [0.25, 0.3) is 5.56 Å². The average molecular weight is 328 g/mol. The van der Waals surface area contributed by atoms with Crippen LogP contribution >= 0.6 is 0 Å². The van der Waals surface area contributed by atoms with E-state index < -0.39 is 0 Å². The summed E-state index contributed by atoms with van der Waals surface area (Å²) in [6.45, 7) is 7.54. The van der Waals surface area contributed by atoms with E-state index in [2.05, 4.69) is 15.2 Å². The van der Waals surface area contributed by atoms with Gasteiger partial charge < -0.3 is 4.52 Å². The molecule has 0 radical (unpaired) electrons. The van der Waals surface area contributed by atoms with Gasteiger partial charge in [0, 0.05) is 37.2 Å². The maximum atomic E-state index is 12.3. The third kappa shape index (κ3) is 2.90.